The Morgan fingerprint density at radius 1 is 1.21 bits per heavy atom. The zero-order valence-corrected chi connectivity index (χ0v) is 14.1. The van der Waals surface area contributed by atoms with E-state index in [0.29, 0.717) is 32.8 Å². The molecule has 2 heterocycles. The van der Waals surface area contributed by atoms with Gasteiger partial charge in [0, 0.05) is 32.7 Å². The summed E-state index contributed by atoms with van der Waals surface area (Å²) in [6, 6.07) is 9.66. The number of esters is 1. The minimum absolute atomic E-state index is 0.104. The Morgan fingerprint density at radius 3 is 2.54 bits per heavy atom. The number of hydrogen-bond acceptors (Lipinski definition) is 5. The molecule has 0 aromatic heterocycles. The molecule has 0 aliphatic carbocycles. The lowest BCUT2D eigenvalue weighted by atomic mass is 9.88. The normalized spacial score (nSPS) is 24.7. The molecule has 2 aliphatic rings. The molecule has 2 fully saturated rings. The summed E-state index contributed by atoms with van der Waals surface area (Å²) in [5.74, 6) is -0.104. The van der Waals surface area contributed by atoms with Crippen LogP contribution in [0.2, 0.25) is 0 Å². The lowest BCUT2D eigenvalue weighted by Crippen LogP contribution is -2.51. The molecule has 0 N–H and O–H groups in total. The average molecular weight is 332 g/mol. The van der Waals surface area contributed by atoms with Gasteiger partial charge in [0.2, 0.25) is 0 Å². The molecule has 3 rings (SSSR count). The van der Waals surface area contributed by atoms with Crippen LogP contribution in [0.5, 0.6) is 0 Å². The van der Waals surface area contributed by atoms with Gasteiger partial charge in [0.15, 0.2) is 0 Å². The molecule has 1 amide bonds. The highest BCUT2D eigenvalue weighted by Crippen LogP contribution is 2.30. The fraction of sp³-hybridized carbons (Fsp3) is 0.556. The zero-order chi connectivity index (χ0) is 17.0. The molecule has 2 saturated heterocycles. The van der Waals surface area contributed by atoms with E-state index in [1.807, 2.05) is 37.3 Å². The molecule has 0 saturated carbocycles. The van der Waals surface area contributed by atoms with Crippen LogP contribution >= 0.6 is 0 Å². The van der Waals surface area contributed by atoms with Gasteiger partial charge in [0.1, 0.15) is 6.61 Å². The lowest BCUT2D eigenvalue weighted by molar-refractivity contribution is -0.146. The van der Waals surface area contributed by atoms with Crippen LogP contribution in [0.25, 0.3) is 0 Å². The summed E-state index contributed by atoms with van der Waals surface area (Å²) >= 11 is 0. The van der Waals surface area contributed by atoms with Crippen LogP contribution in [0.15, 0.2) is 30.3 Å². The van der Waals surface area contributed by atoms with Crippen LogP contribution in [0.4, 0.5) is 4.79 Å². The van der Waals surface area contributed by atoms with Crippen molar-refractivity contribution < 1.29 is 19.1 Å². The summed E-state index contributed by atoms with van der Waals surface area (Å²) in [5, 5.41) is 0. The number of rotatable bonds is 4. The standard InChI is InChI=1S/C18H24N2O4/c1-18(7-12-23-16(18)21)14-19-8-10-20(11-9-19)17(22)24-13-15-5-3-2-4-6-15/h2-6H,7-14H2,1H3. The molecule has 1 aromatic carbocycles. The molecule has 0 spiro atoms. The molecule has 0 radical (unpaired) electrons. The summed E-state index contributed by atoms with van der Waals surface area (Å²) in [6.07, 6.45) is 0.496. The van der Waals surface area contributed by atoms with Crippen LogP contribution in [0.1, 0.15) is 18.9 Å². The van der Waals surface area contributed by atoms with Gasteiger partial charge in [-0.15, -0.1) is 0 Å². The highest BCUT2D eigenvalue weighted by molar-refractivity contribution is 5.78. The van der Waals surface area contributed by atoms with Gasteiger partial charge in [-0.2, -0.15) is 0 Å². The predicted octanol–water partition coefficient (Wildman–Crippen LogP) is 1.89. The van der Waals surface area contributed by atoms with E-state index in [-0.39, 0.29) is 12.1 Å². The molecule has 1 aromatic rings. The maximum Gasteiger partial charge on any atom is 0.410 e. The third-order valence-corrected chi connectivity index (χ3v) is 4.79. The smallest absolute Gasteiger partial charge is 0.410 e. The lowest BCUT2D eigenvalue weighted by Gasteiger charge is -2.37. The van der Waals surface area contributed by atoms with E-state index in [1.165, 1.54) is 0 Å². The maximum atomic E-state index is 12.1. The summed E-state index contributed by atoms with van der Waals surface area (Å²) in [7, 11) is 0. The number of ether oxygens (including phenoxy) is 2. The van der Waals surface area contributed by atoms with Gasteiger partial charge in [-0.25, -0.2) is 4.79 Å². The molecular formula is C18H24N2O4. The number of carbonyl (C=O) groups excluding carboxylic acids is 2. The van der Waals surface area contributed by atoms with Crippen molar-refractivity contribution >= 4 is 12.1 Å². The van der Waals surface area contributed by atoms with E-state index in [9.17, 15) is 9.59 Å². The summed E-state index contributed by atoms with van der Waals surface area (Å²) < 4.78 is 10.5. The SMILES string of the molecule is CC1(CN2CCN(C(=O)OCc3ccccc3)CC2)CCOC1=O. The Morgan fingerprint density at radius 2 is 1.92 bits per heavy atom. The molecule has 0 bridgehead atoms. The number of benzene rings is 1. The average Bonchev–Trinajstić information content (AvgIpc) is 2.93. The summed E-state index contributed by atoms with van der Waals surface area (Å²) in [5.41, 5.74) is 0.577. The molecule has 1 atom stereocenters. The number of carbonyl (C=O) groups is 2. The molecule has 6 nitrogen and oxygen atoms in total. The molecular weight excluding hydrogens is 308 g/mol. The molecule has 1 unspecified atom stereocenters. The van der Waals surface area contributed by atoms with Crippen molar-refractivity contribution in [2.75, 3.05) is 39.3 Å². The largest absolute Gasteiger partial charge is 0.465 e. The number of cyclic esters (lactones) is 1. The van der Waals surface area contributed by atoms with Gasteiger partial charge in [-0.1, -0.05) is 30.3 Å². The number of hydrogen-bond donors (Lipinski definition) is 0. The van der Waals surface area contributed by atoms with Crippen molar-refractivity contribution in [3.63, 3.8) is 0 Å². The van der Waals surface area contributed by atoms with Gasteiger partial charge in [-0.05, 0) is 18.9 Å². The van der Waals surface area contributed by atoms with Crippen LogP contribution in [0, 0.1) is 5.41 Å². The van der Waals surface area contributed by atoms with E-state index in [0.717, 1.165) is 25.1 Å². The topological polar surface area (TPSA) is 59.1 Å². The van der Waals surface area contributed by atoms with E-state index in [1.54, 1.807) is 4.90 Å². The third-order valence-electron chi connectivity index (χ3n) is 4.79. The molecule has 2 aliphatic heterocycles. The first kappa shape index (κ1) is 16.8. The van der Waals surface area contributed by atoms with Gasteiger partial charge in [0.25, 0.3) is 0 Å². The van der Waals surface area contributed by atoms with Crippen LogP contribution in [0.3, 0.4) is 0 Å². The van der Waals surface area contributed by atoms with Crippen LogP contribution in [-0.4, -0.2) is 61.2 Å². The first-order chi connectivity index (χ1) is 11.6. The van der Waals surface area contributed by atoms with Crippen molar-refractivity contribution in [2.45, 2.75) is 20.0 Å². The first-order valence-corrected chi connectivity index (χ1v) is 8.42. The Balaban J connectivity index is 1.43. The fourth-order valence-electron chi connectivity index (χ4n) is 3.18. The Hall–Kier alpha value is -2.08. The number of piperazine rings is 1. The highest BCUT2D eigenvalue weighted by atomic mass is 16.6. The van der Waals surface area contributed by atoms with E-state index >= 15 is 0 Å². The number of nitrogens with zero attached hydrogens (tertiary/aromatic N) is 2. The molecule has 24 heavy (non-hydrogen) atoms. The van der Waals surface area contributed by atoms with Crippen molar-refractivity contribution in [1.82, 2.24) is 9.80 Å². The van der Waals surface area contributed by atoms with Gasteiger partial charge in [-0.3, -0.25) is 9.69 Å². The van der Waals surface area contributed by atoms with Crippen molar-refractivity contribution in [1.29, 1.82) is 0 Å². The monoisotopic (exact) mass is 332 g/mol. The quantitative estimate of drug-likeness (QED) is 0.788. The molecule has 6 heteroatoms. The summed E-state index contributed by atoms with van der Waals surface area (Å²) in [4.78, 5) is 27.9. The van der Waals surface area contributed by atoms with Crippen LogP contribution < -0.4 is 0 Å². The van der Waals surface area contributed by atoms with E-state index in [4.69, 9.17) is 9.47 Å². The maximum absolute atomic E-state index is 12.1. The van der Waals surface area contributed by atoms with Crippen molar-refractivity contribution in [2.24, 2.45) is 5.41 Å². The van der Waals surface area contributed by atoms with Gasteiger partial charge < -0.3 is 14.4 Å². The second kappa shape index (κ2) is 7.21. The minimum Gasteiger partial charge on any atom is -0.465 e. The first-order valence-electron chi connectivity index (χ1n) is 8.42. The second-order valence-electron chi connectivity index (χ2n) is 6.75. The van der Waals surface area contributed by atoms with E-state index in [2.05, 4.69) is 4.90 Å². The Kier molecular flexibility index (Phi) is 5.04. The van der Waals surface area contributed by atoms with Gasteiger partial charge >= 0.3 is 12.1 Å². The Labute approximate surface area is 142 Å². The zero-order valence-electron chi connectivity index (χ0n) is 14.1. The van der Waals surface area contributed by atoms with Crippen molar-refractivity contribution in [3.05, 3.63) is 35.9 Å². The minimum atomic E-state index is -0.407. The van der Waals surface area contributed by atoms with Crippen LogP contribution in [-0.2, 0) is 20.9 Å². The highest BCUT2D eigenvalue weighted by Gasteiger charge is 2.41. The summed E-state index contributed by atoms with van der Waals surface area (Å²) in [6.45, 7) is 6.22. The van der Waals surface area contributed by atoms with Crippen molar-refractivity contribution in [3.8, 4) is 0 Å². The number of amides is 1. The van der Waals surface area contributed by atoms with Gasteiger partial charge in [0.05, 0.1) is 12.0 Å². The van der Waals surface area contributed by atoms with E-state index < -0.39 is 5.41 Å². The second-order valence-corrected chi connectivity index (χ2v) is 6.75. The predicted molar refractivity (Wildman–Crippen MR) is 88.3 cm³/mol. The molecule has 130 valence electrons. The fourth-order valence-corrected chi connectivity index (χ4v) is 3.18. The third kappa shape index (κ3) is 3.87. The Bertz CT molecular complexity index is 584.